The normalized spacial score (nSPS) is 11.9. The smallest absolute Gasteiger partial charge is 0.253 e. The van der Waals surface area contributed by atoms with E-state index >= 15 is 0 Å². The lowest BCUT2D eigenvalue weighted by Gasteiger charge is -2.14. The summed E-state index contributed by atoms with van der Waals surface area (Å²) in [7, 11) is 0. The maximum atomic E-state index is 11.8. The predicted molar refractivity (Wildman–Crippen MR) is 60.7 cm³/mol. The minimum Gasteiger partial charge on any atom is -0.336 e. The van der Waals surface area contributed by atoms with E-state index in [1.165, 1.54) is 6.20 Å². The first-order valence-corrected chi connectivity index (χ1v) is 5.16. The van der Waals surface area contributed by atoms with Crippen LogP contribution in [0.3, 0.4) is 0 Å². The quantitative estimate of drug-likeness (QED) is 0.837. The van der Waals surface area contributed by atoms with Gasteiger partial charge in [0.15, 0.2) is 0 Å². The number of aromatic nitrogens is 1. The lowest BCUT2D eigenvalue weighted by atomic mass is 10.1. The second-order valence-corrected chi connectivity index (χ2v) is 4.08. The molecule has 4 heteroatoms. The van der Waals surface area contributed by atoms with Crippen LogP contribution in [0.1, 0.15) is 29.8 Å². The van der Waals surface area contributed by atoms with Crippen molar-refractivity contribution < 1.29 is 4.79 Å². The Morgan fingerprint density at radius 1 is 1.50 bits per heavy atom. The topological polar surface area (TPSA) is 65.8 Å². The molecule has 0 aliphatic carbocycles. The van der Waals surface area contributed by atoms with E-state index in [2.05, 4.69) is 16.4 Å². The fourth-order valence-corrected chi connectivity index (χ4v) is 1.25. The van der Waals surface area contributed by atoms with Crippen molar-refractivity contribution in [3.8, 4) is 6.07 Å². The van der Waals surface area contributed by atoms with Crippen molar-refractivity contribution >= 4 is 5.91 Å². The van der Waals surface area contributed by atoms with Gasteiger partial charge in [0.05, 0.1) is 11.6 Å². The fraction of sp³-hybridized carbons (Fsp3) is 0.417. The largest absolute Gasteiger partial charge is 0.336 e. The van der Waals surface area contributed by atoms with Gasteiger partial charge in [0.25, 0.3) is 5.91 Å². The Hall–Kier alpha value is -1.89. The molecule has 0 aromatic carbocycles. The first kappa shape index (κ1) is 12.2. The van der Waals surface area contributed by atoms with E-state index in [0.29, 0.717) is 5.56 Å². The highest BCUT2D eigenvalue weighted by atomic mass is 16.1. The maximum Gasteiger partial charge on any atom is 0.253 e. The van der Waals surface area contributed by atoms with Crippen LogP contribution in [0.25, 0.3) is 0 Å². The highest BCUT2D eigenvalue weighted by molar-refractivity contribution is 5.94. The Kier molecular flexibility index (Phi) is 4.01. The van der Waals surface area contributed by atoms with E-state index in [1.807, 2.05) is 20.8 Å². The number of nitrogens with one attached hydrogen (secondary N) is 1. The van der Waals surface area contributed by atoms with Gasteiger partial charge in [-0.15, -0.1) is 0 Å². The summed E-state index contributed by atoms with van der Waals surface area (Å²) in [6.45, 7) is 5.65. The SMILES string of the molecule is Cc1cncc(C(=O)NC(C#N)C(C)C)c1. The van der Waals surface area contributed by atoms with Crippen molar-refractivity contribution in [3.05, 3.63) is 29.6 Å². The first-order valence-electron chi connectivity index (χ1n) is 5.16. The number of hydrogen-bond acceptors (Lipinski definition) is 3. The molecule has 0 spiro atoms. The lowest BCUT2D eigenvalue weighted by molar-refractivity contribution is 0.0937. The third-order valence-electron chi connectivity index (χ3n) is 2.23. The van der Waals surface area contributed by atoms with Crippen LogP contribution in [0.2, 0.25) is 0 Å². The van der Waals surface area contributed by atoms with Crippen LogP contribution in [-0.4, -0.2) is 16.9 Å². The molecular weight excluding hydrogens is 202 g/mol. The molecule has 0 saturated heterocycles. The molecule has 0 saturated carbocycles. The van der Waals surface area contributed by atoms with Crippen LogP contribution in [0, 0.1) is 24.2 Å². The van der Waals surface area contributed by atoms with Crippen LogP contribution < -0.4 is 5.32 Å². The number of carbonyl (C=O) groups is 1. The molecule has 1 N–H and O–H groups in total. The second kappa shape index (κ2) is 5.26. The van der Waals surface area contributed by atoms with Gasteiger partial charge < -0.3 is 5.32 Å². The second-order valence-electron chi connectivity index (χ2n) is 4.08. The van der Waals surface area contributed by atoms with Gasteiger partial charge in [-0.25, -0.2) is 0 Å². The van der Waals surface area contributed by atoms with Crippen LogP contribution >= 0.6 is 0 Å². The van der Waals surface area contributed by atoms with E-state index in [9.17, 15) is 4.79 Å². The van der Waals surface area contributed by atoms with Crippen LogP contribution in [0.4, 0.5) is 0 Å². The summed E-state index contributed by atoms with van der Waals surface area (Å²) in [5.41, 5.74) is 1.41. The monoisotopic (exact) mass is 217 g/mol. The van der Waals surface area contributed by atoms with Crippen molar-refractivity contribution in [2.24, 2.45) is 5.92 Å². The molecule has 1 atom stereocenters. The molecule has 4 nitrogen and oxygen atoms in total. The highest BCUT2D eigenvalue weighted by Crippen LogP contribution is 2.04. The van der Waals surface area contributed by atoms with Crippen molar-refractivity contribution in [1.29, 1.82) is 5.26 Å². The Morgan fingerprint density at radius 2 is 2.19 bits per heavy atom. The van der Waals surface area contributed by atoms with Crippen molar-refractivity contribution in [2.75, 3.05) is 0 Å². The molecule has 0 bridgehead atoms. The number of hydrogen-bond donors (Lipinski definition) is 1. The first-order chi connectivity index (χ1) is 7.54. The Labute approximate surface area is 95.3 Å². The van der Waals surface area contributed by atoms with Crippen molar-refractivity contribution in [1.82, 2.24) is 10.3 Å². The number of pyridine rings is 1. The van der Waals surface area contributed by atoms with E-state index in [1.54, 1.807) is 12.3 Å². The molecule has 16 heavy (non-hydrogen) atoms. The van der Waals surface area contributed by atoms with Gasteiger partial charge >= 0.3 is 0 Å². The molecule has 1 heterocycles. The lowest BCUT2D eigenvalue weighted by Crippen LogP contribution is -2.37. The number of aryl methyl sites for hydroxylation is 1. The van der Waals surface area contributed by atoms with E-state index < -0.39 is 6.04 Å². The van der Waals surface area contributed by atoms with Gasteiger partial charge in [0, 0.05) is 12.4 Å². The molecule has 1 unspecified atom stereocenters. The summed E-state index contributed by atoms with van der Waals surface area (Å²) < 4.78 is 0. The number of amides is 1. The third kappa shape index (κ3) is 3.06. The van der Waals surface area contributed by atoms with Gasteiger partial charge in [-0.05, 0) is 24.5 Å². The zero-order valence-electron chi connectivity index (χ0n) is 9.69. The van der Waals surface area contributed by atoms with E-state index in [0.717, 1.165) is 5.56 Å². The molecule has 1 amide bonds. The van der Waals surface area contributed by atoms with Crippen LogP contribution in [-0.2, 0) is 0 Å². The molecular formula is C12H15N3O. The van der Waals surface area contributed by atoms with Gasteiger partial charge in [-0.3, -0.25) is 9.78 Å². The molecule has 0 radical (unpaired) electrons. The zero-order chi connectivity index (χ0) is 12.1. The zero-order valence-corrected chi connectivity index (χ0v) is 9.69. The summed E-state index contributed by atoms with van der Waals surface area (Å²) in [5, 5.41) is 11.5. The minimum atomic E-state index is -0.465. The van der Waals surface area contributed by atoms with Gasteiger partial charge in [0.2, 0.25) is 0 Å². The molecule has 1 aromatic rings. The summed E-state index contributed by atoms with van der Waals surface area (Å²) in [5.74, 6) is -0.164. The van der Waals surface area contributed by atoms with E-state index in [-0.39, 0.29) is 11.8 Å². The minimum absolute atomic E-state index is 0.0896. The van der Waals surface area contributed by atoms with Crippen molar-refractivity contribution in [3.63, 3.8) is 0 Å². The van der Waals surface area contributed by atoms with Gasteiger partial charge in [-0.1, -0.05) is 13.8 Å². The Bertz CT molecular complexity index is 421. The fourth-order valence-electron chi connectivity index (χ4n) is 1.25. The van der Waals surface area contributed by atoms with Crippen LogP contribution in [0.15, 0.2) is 18.5 Å². The Morgan fingerprint density at radius 3 is 2.69 bits per heavy atom. The summed E-state index contributed by atoms with van der Waals surface area (Å²) >= 11 is 0. The molecule has 0 aliphatic rings. The molecule has 0 aliphatic heterocycles. The highest BCUT2D eigenvalue weighted by Gasteiger charge is 2.16. The predicted octanol–water partition coefficient (Wildman–Crippen LogP) is 1.67. The van der Waals surface area contributed by atoms with E-state index in [4.69, 9.17) is 5.26 Å². The number of carbonyl (C=O) groups excluding carboxylic acids is 1. The Balaban J connectivity index is 2.77. The summed E-state index contributed by atoms with van der Waals surface area (Å²) in [6, 6.07) is 3.35. The molecule has 84 valence electrons. The average Bonchev–Trinajstić information content (AvgIpc) is 2.25. The molecule has 1 aromatic heterocycles. The standard InChI is InChI=1S/C12H15N3O/c1-8(2)11(5-13)15-12(16)10-4-9(3)6-14-7-10/h4,6-8,11H,1-3H3,(H,15,16). The third-order valence-corrected chi connectivity index (χ3v) is 2.23. The number of nitriles is 1. The number of nitrogens with zero attached hydrogens (tertiary/aromatic N) is 2. The number of rotatable bonds is 3. The average molecular weight is 217 g/mol. The summed E-state index contributed by atoms with van der Waals surface area (Å²) in [4.78, 5) is 15.7. The van der Waals surface area contributed by atoms with Crippen molar-refractivity contribution in [2.45, 2.75) is 26.8 Å². The van der Waals surface area contributed by atoms with Crippen LogP contribution in [0.5, 0.6) is 0 Å². The summed E-state index contributed by atoms with van der Waals surface area (Å²) in [6.07, 6.45) is 3.18. The van der Waals surface area contributed by atoms with Gasteiger partial charge in [0.1, 0.15) is 6.04 Å². The van der Waals surface area contributed by atoms with Gasteiger partial charge in [-0.2, -0.15) is 5.26 Å². The molecule has 1 rings (SSSR count). The molecule has 0 fully saturated rings. The maximum absolute atomic E-state index is 11.8.